The Balaban J connectivity index is 1.68. The predicted molar refractivity (Wildman–Crippen MR) is 142 cm³/mol. The highest BCUT2D eigenvalue weighted by molar-refractivity contribution is 6.31. The lowest BCUT2D eigenvalue weighted by molar-refractivity contribution is 0.0956. The number of aliphatic hydroxyl groups excluding tert-OH is 1. The van der Waals surface area contributed by atoms with E-state index in [2.05, 4.69) is 20.7 Å². The Kier molecular flexibility index (Phi) is 10.00. The maximum atomic E-state index is 12.9. The molecule has 0 aliphatic rings. The molecule has 0 fully saturated rings. The second-order valence-electron chi connectivity index (χ2n) is 7.91. The Morgan fingerprint density at radius 1 is 1.08 bits per heavy atom. The Morgan fingerprint density at radius 3 is 2.56 bits per heavy atom. The second-order valence-corrected chi connectivity index (χ2v) is 8.35. The van der Waals surface area contributed by atoms with Crippen LogP contribution in [0.15, 0.2) is 71.8 Å². The first-order chi connectivity index (χ1) is 17.4. The number of nitrogens with one attached hydrogen (secondary N) is 2. The van der Waals surface area contributed by atoms with Crippen LogP contribution in [0.25, 0.3) is 0 Å². The number of rotatable bonds is 11. The monoisotopic (exact) mass is 508 g/mol. The molecule has 3 aromatic rings. The van der Waals surface area contributed by atoms with Gasteiger partial charge in [0.15, 0.2) is 0 Å². The smallest absolute Gasteiger partial charge is 0.273 e. The normalized spacial score (nSPS) is 11.0. The zero-order valence-corrected chi connectivity index (χ0v) is 21.0. The highest BCUT2D eigenvalue weighted by Crippen LogP contribution is 2.22. The molecule has 188 valence electrons. The van der Waals surface area contributed by atoms with Gasteiger partial charge in [0.2, 0.25) is 0 Å². The third-order valence-electron chi connectivity index (χ3n) is 5.43. The molecule has 0 spiro atoms. The molecule has 3 aromatic carbocycles. The summed E-state index contributed by atoms with van der Waals surface area (Å²) in [4.78, 5) is 27.8. The number of ether oxygens (including phenoxy) is 1. The van der Waals surface area contributed by atoms with E-state index >= 15 is 0 Å². The summed E-state index contributed by atoms with van der Waals surface area (Å²) in [5, 5.41) is 16.3. The minimum absolute atomic E-state index is 0.0949. The molecule has 0 saturated carbocycles. The number of amides is 2. The summed E-state index contributed by atoms with van der Waals surface area (Å²) in [5.74, 6) is -0.211. The van der Waals surface area contributed by atoms with Gasteiger partial charge in [-0.3, -0.25) is 14.5 Å². The first kappa shape index (κ1) is 26.9. The van der Waals surface area contributed by atoms with Crippen molar-refractivity contribution in [1.82, 2.24) is 10.3 Å². The lowest BCUT2D eigenvalue weighted by Gasteiger charge is -2.19. The van der Waals surface area contributed by atoms with Crippen molar-refractivity contribution in [2.45, 2.75) is 13.5 Å². The molecule has 0 saturated heterocycles. The molecule has 0 aromatic heterocycles. The van der Waals surface area contributed by atoms with Crippen molar-refractivity contribution >= 4 is 35.3 Å². The van der Waals surface area contributed by atoms with Crippen LogP contribution in [0.4, 0.5) is 5.69 Å². The van der Waals surface area contributed by atoms with Gasteiger partial charge in [-0.1, -0.05) is 42.8 Å². The van der Waals surface area contributed by atoms with Crippen LogP contribution >= 0.6 is 11.6 Å². The number of aliphatic hydroxyl groups is 1. The van der Waals surface area contributed by atoms with Crippen LogP contribution in [-0.2, 0) is 6.54 Å². The van der Waals surface area contributed by atoms with Gasteiger partial charge in [0.05, 0.1) is 31.2 Å². The number of hydrogen-bond acceptors (Lipinski definition) is 6. The van der Waals surface area contributed by atoms with E-state index in [0.29, 0.717) is 35.1 Å². The number of hydrogen-bond donors (Lipinski definition) is 3. The van der Waals surface area contributed by atoms with Gasteiger partial charge in [0.25, 0.3) is 11.8 Å². The van der Waals surface area contributed by atoms with Gasteiger partial charge in [0, 0.05) is 23.7 Å². The number of anilines is 1. The Hall–Kier alpha value is -3.72. The number of likely N-dealkylation sites (N-methyl/N-ethyl adjacent to an activating group) is 1. The molecule has 3 N–H and O–H groups in total. The molecule has 0 bridgehead atoms. The molecule has 36 heavy (non-hydrogen) atoms. The Morgan fingerprint density at radius 2 is 1.86 bits per heavy atom. The van der Waals surface area contributed by atoms with Crippen molar-refractivity contribution in [3.63, 3.8) is 0 Å². The third kappa shape index (κ3) is 7.64. The summed E-state index contributed by atoms with van der Waals surface area (Å²) in [6, 6.07) is 19.1. The lowest BCUT2D eigenvalue weighted by Crippen LogP contribution is -2.26. The van der Waals surface area contributed by atoms with Crippen LogP contribution in [-0.4, -0.2) is 54.8 Å². The highest BCUT2D eigenvalue weighted by atomic mass is 35.5. The molecule has 0 unspecified atom stereocenters. The summed E-state index contributed by atoms with van der Waals surface area (Å²) in [5.41, 5.74) is 5.17. The zero-order chi connectivity index (χ0) is 25.9. The summed E-state index contributed by atoms with van der Waals surface area (Å²) >= 11 is 6.11. The number of carbonyl (C=O) groups is 2. The average Bonchev–Trinajstić information content (AvgIpc) is 2.89. The van der Waals surface area contributed by atoms with Gasteiger partial charge < -0.3 is 15.2 Å². The summed E-state index contributed by atoms with van der Waals surface area (Å²) in [6.07, 6.45) is 1.49. The first-order valence-electron chi connectivity index (χ1n) is 11.4. The van der Waals surface area contributed by atoms with E-state index in [1.54, 1.807) is 37.4 Å². The molecule has 9 heteroatoms. The summed E-state index contributed by atoms with van der Waals surface area (Å²) < 4.78 is 5.18. The number of benzene rings is 3. The quantitative estimate of drug-likeness (QED) is 0.266. The third-order valence-corrected chi connectivity index (χ3v) is 5.67. The van der Waals surface area contributed by atoms with E-state index in [4.69, 9.17) is 21.4 Å². The highest BCUT2D eigenvalue weighted by Gasteiger charge is 2.15. The molecule has 0 radical (unpaired) electrons. The number of methoxy groups -OCH3 is 1. The summed E-state index contributed by atoms with van der Waals surface area (Å²) in [6.45, 7) is 4.20. The Bertz CT molecular complexity index is 1210. The van der Waals surface area contributed by atoms with E-state index in [1.165, 1.54) is 12.3 Å². The minimum atomic E-state index is -0.522. The average molecular weight is 509 g/mol. The Labute approximate surface area is 215 Å². The number of hydrazone groups is 1. The zero-order valence-electron chi connectivity index (χ0n) is 20.2. The van der Waals surface area contributed by atoms with E-state index in [9.17, 15) is 9.59 Å². The molecule has 8 nitrogen and oxygen atoms in total. The fourth-order valence-corrected chi connectivity index (χ4v) is 3.64. The molecular weight excluding hydrogens is 480 g/mol. The van der Waals surface area contributed by atoms with E-state index in [-0.39, 0.29) is 18.1 Å². The molecule has 0 aliphatic heterocycles. The van der Waals surface area contributed by atoms with Crippen molar-refractivity contribution in [1.29, 1.82) is 0 Å². The fourth-order valence-electron chi connectivity index (χ4n) is 3.47. The second kappa shape index (κ2) is 13.4. The van der Waals surface area contributed by atoms with E-state index < -0.39 is 5.91 Å². The van der Waals surface area contributed by atoms with Crippen LogP contribution < -0.4 is 15.5 Å². The molecule has 0 aliphatic carbocycles. The predicted octanol–water partition coefficient (Wildman–Crippen LogP) is 4.18. The van der Waals surface area contributed by atoms with Crippen LogP contribution in [0.5, 0.6) is 5.75 Å². The molecule has 2 amide bonds. The standard InChI is InChI=1S/C27H29ClN4O4/c1-3-32(13-14-33)18-19-7-9-21(10-8-19)26(34)30-25-12-11-22(28)16-24(25)27(35)31-29-17-20-5-4-6-23(15-20)36-2/h4-12,15-17,33H,3,13-14,18H2,1-2H3,(H,30,34)(H,31,35). The van der Waals surface area contributed by atoms with E-state index in [0.717, 1.165) is 17.7 Å². The van der Waals surface area contributed by atoms with Crippen molar-refractivity contribution in [2.24, 2.45) is 5.10 Å². The van der Waals surface area contributed by atoms with Crippen LogP contribution in [0, 0.1) is 0 Å². The van der Waals surface area contributed by atoms with Crippen molar-refractivity contribution in [3.05, 3.63) is 94.0 Å². The van der Waals surface area contributed by atoms with E-state index in [1.807, 2.05) is 37.3 Å². The van der Waals surface area contributed by atoms with Gasteiger partial charge >= 0.3 is 0 Å². The van der Waals surface area contributed by atoms with Crippen molar-refractivity contribution in [3.8, 4) is 5.75 Å². The van der Waals surface area contributed by atoms with Crippen molar-refractivity contribution < 1.29 is 19.4 Å². The van der Waals surface area contributed by atoms with Crippen LogP contribution in [0.1, 0.15) is 38.8 Å². The van der Waals surface area contributed by atoms with Gasteiger partial charge in [-0.15, -0.1) is 0 Å². The SMILES string of the molecule is CCN(CCO)Cc1ccc(C(=O)Nc2ccc(Cl)cc2C(=O)NN=Cc2cccc(OC)c2)cc1. The van der Waals surface area contributed by atoms with Gasteiger partial charge in [0.1, 0.15) is 5.75 Å². The van der Waals surface area contributed by atoms with Gasteiger partial charge in [-0.2, -0.15) is 5.10 Å². The topological polar surface area (TPSA) is 103 Å². The minimum Gasteiger partial charge on any atom is -0.497 e. The number of carbonyl (C=O) groups excluding carboxylic acids is 2. The van der Waals surface area contributed by atoms with Crippen LogP contribution in [0.2, 0.25) is 5.02 Å². The first-order valence-corrected chi connectivity index (χ1v) is 11.8. The maximum Gasteiger partial charge on any atom is 0.273 e. The molecule has 0 heterocycles. The van der Waals surface area contributed by atoms with Gasteiger partial charge in [-0.05, 0) is 60.1 Å². The molecule has 0 atom stereocenters. The van der Waals surface area contributed by atoms with Crippen molar-refractivity contribution in [2.75, 3.05) is 32.1 Å². The maximum absolute atomic E-state index is 12.9. The lowest BCUT2D eigenvalue weighted by atomic mass is 10.1. The number of halogens is 1. The molecule has 3 rings (SSSR count). The fraction of sp³-hybridized carbons (Fsp3) is 0.222. The largest absolute Gasteiger partial charge is 0.497 e. The van der Waals surface area contributed by atoms with Gasteiger partial charge in [-0.25, -0.2) is 5.43 Å². The van der Waals surface area contributed by atoms with Crippen LogP contribution in [0.3, 0.4) is 0 Å². The molecular formula is C27H29ClN4O4. The summed E-state index contributed by atoms with van der Waals surface area (Å²) in [7, 11) is 1.57. The number of nitrogens with zero attached hydrogens (tertiary/aromatic N) is 2.